The van der Waals surface area contributed by atoms with E-state index in [-0.39, 0.29) is 0 Å². The molecular weight excluding hydrogens is 320 g/mol. The van der Waals surface area contributed by atoms with Gasteiger partial charge in [0.25, 0.3) is 0 Å². The van der Waals surface area contributed by atoms with E-state index in [1.54, 1.807) is 25.1 Å². The van der Waals surface area contributed by atoms with E-state index in [1.807, 2.05) is 24.4 Å². The number of fused-ring (bicyclic) bond motifs is 3. The first-order valence-electron chi connectivity index (χ1n) is 7.60. The average molecular weight is 336 g/mol. The third kappa shape index (κ3) is 2.59. The summed E-state index contributed by atoms with van der Waals surface area (Å²) < 4.78 is 7.45. The number of hydrogen-bond donors (Lipinski definition) is 0. The van der Waals surface area contributed by atoms with Crippen LogP contribution in [0.15, 0.2) is 53.9 Å². The summed E-state index contributed by atoms with van der Waals surface area (Å²) in [6, 6.07) is 12.2. The summed E-state index contributed by atoms with van der Waals surface area (Å²) in [5.74, 6) is 1.65. The second-order valence-electron chi connectivity index (χ2n) is 5.54. The minimum absolute atomic E-state index is 0.806. The first-order chi connectivity index (χ1) is 11.8. The lowest BCUT2D eigenvalue weighted by Crippen LogP contribution is -1.94. The highest BCUT2D eigenvalue weighted by Gasteiger charge is 2.13. The second-order valence-corrected chi connectivity index (χ2v) is 6.49. The molecule has 3 aromatic heterocycles. The van der Waals surface area contributed by atoms with Gasteiger partial charge in [-0.05, 0) is 48.4 Å². The molecule has 4 rings (SSSR count). The van der Waals surface area contributed by atoms with Crippen LogP contribution in [0.2, 0.25) is 0 Å². The molecule has 0 aliphatic rings. The molecular formula is C18H16N4OS. The molecule has 4 aromatic rings. The number of methoxy groups -OCH3 is 1. The molecule has 0 aliphatic heterocycles. The molecule has 120 valence electrons. The van der Waals surface area contributed by atoms with Crippen LogP contribution in [-0.2, 0) is 5.75 Å². The Bertz CT molecular complexity index is 1010. The molecule has 6 heteroatoms. The van der Waals surface area contributed by atoms with Gasteiger partial charge in [-0.3, -0.25) is 9.38 Å². The standard InChI is InChI=1S/C18H16N4OS/c1-12-8-14-9-15(23-2)5-6-16(14)22-17(12)20-21-18(22)24-11-13-4-3-7-19-10-13/h3-10H,11H2,1-2H3. The van der Waals surface area contributed by atoms with Crippen LogP contribution in [0.4, 0.5) is 0 Å². The van der Waals surface area contributed by atoms with Crippen molar-refractivity contribution in [1.82, 2.24) is 19.6 Å². The molecule has 0 amide bonds. The largest absolute Gasteiger partial charge is 0.497 e. The molecule has 0 N–H and O–H groups in total. The van der Waals surface area contributed by atoms with E-state index in [0.29, 0.717) is 0 Å². The van der Waals surface area contributed by atoms with E-state index in [2.05, 4.69) is 44.7 Å². The summed E-state index contributed by atoms with van der Waals surface area (Å²) in [6.07, 6.45) is 3.66. The molecule has 5 nitrogen and oxygen atoms in total. The highest BCUT2D eigenvalue weighted by molar-refractivity contribution is 7.98. The van der Waals surface area contributed by atoms with Gasteiger partial charge < -0.3 is 4.74 Å². The molecule has 0 bridgehead atoms. The minimum atomic E-state index is 0.806. The van der Waals surface area contributed by atoms with Gasteiger partial charge >= 0.3 is 0 Å². The molecule has 0 radical (unpaired) electrons. The van der Waals surface area contributed by atoms with Crippen molar-refractivity contribution in [1.29, 1.82) is 0 Å². The molecule has 0 saturated carbocycles. The fraction of sp³-hybridized carbons (Fsp3) is 0.167. The van der Waals surface area contributed by atoms with Crippen LogP contribution in [0.25, 0.3) is 16.6 Å². The lowest BCUT2D eigenvalue weighted by Gasteiger charge is -2.08. The minimum Gasteiger partial charge on any atom is -0.497 e. The van der Waals surface area contributed by atoms with Crippen LogP contribution in [0, 0.1) is 6.92 Å². The molecule has 0 spiro atoms. The summed E-state index contributed by atoms with van der Waals surface area (Å²) in [6.45, 7) is 2.05. The van der Waals surface area contributed by atoms with Gasteiger partial charge in [0.05, 0.1) is 12.6 Å². The summed E-state index contributed by atoms with van der Waals surface area (Å²) in [7, 11) is 1.68. The van der Waals surface area contributed by atoms with Crippen molar-refractivity contribution in [2.75, 3.05) is 7.11 Å². The first kappa shape index (κ1) is 15.0. The zero-order valence-electron chi connectivity index (χ0n) is 13.4. The predicted molar refractivity (Wildman–Crippen MR) is 95.6 cm³/mol. The zero-order valence-corrected chi connectivity index (χ0v) is 14.2. The van der Waals surface area contributed by atoms with Gasteiger partial charge in [-0.15, -0.1) is 10.2 Å². The maximum atomic E-state index is 5.34. The lowest BCUT2D eigenvalue weighted by atomic mass is 10.1. The molecule has 1 aromatic carbocycles. The fourth-order valence-corrected chi connectivity index (χ4v) is 3.62. The summed E-state index contributed by atoms with van der Waals surface area (Å²) >= 11 is 1.66. The second kappa shape index (κ2) is 6.13. The number of benzene rings is 1. The molecule has 0 aliphatic carbocycles. The van der Waals surface area contributed by atoms with E-state index in [0.717, 1.165) is 44.3 Å². The highest BCUT2D eigenvalue weighted by atomic mass is 32.2. The molecule has 3 heterocycles. The Labute approximate surface area is 143 Å². The highest BCUT2D eigenvalue weighted by Crippen LogP contribution is 2.29. The summed E-state index contributed by atoms with van der Waals surface area (Å²) in [4.78, 5) is 4.16. The van der Waals surface area contributed by atoms with Gasteiger partial charge in [-0.1, -0.05) is 17.8 Å². The van der Waals surface area contributed by atoms with Gasteiger partial charge in [0.15, 0.2) is 10.8 Å². The van der Waals surface area contributed by atoms with Crippen LogP contribution in [0.5, 0.6) is 5.75 Å². The molecule has 0 atom stereocenters. The van der Waals surface area contributed by atoms with Gasteiger partial charge in [0.2, 0.25) is 0 Å². The van der Waals surface area contributed by atoms with Gasteiger partial charge in [-0.2, -0.15) is 0 Å². The van der Waals surface area contributed by atoms with Crippen LogP contribution in [-0.4, -0.2) is 26.7 Å². The van der Waals surface area contributed by atoms with Crippen molar-refractivity contribution in [2.24, 2.45) is 0 Å². The number of aromatic nitrogens is 4. The van der Waals surface area contributed by atoms with Crippen LogP contribution in [0.3, 0.4) is 0 Å². The number of thioether (sulfide) groups is 1. The lowest BCUT2D eigenvalue weighted by molar-refractivity contribution is 0.415. The van der Waals surface area contributed by atoms with Crippen molar-refractivity contribution in [3.63, 3.8) is 0 Å². The number of aryl methyl sites for hydroxylation is 1. The monoisotopic (exact) mass is 336 g/mol. The van der Waals surface area contributed by atoms with Crippen molar-refractivity contribution < 1.29 is 4.74 Å². The summed E-state index contributed by atoms with van der Waals surface area (Å²) in [5, 5.41) is 10.8. The Morgan fingerprint density at radius 1 is 1.17 bits per heavy atom. The Morgan fingerprint density at radius 3 is 2.88 bits per heavy atom. The van der Waals surface area contributed by atoms with E-state index < -0.39 is 0 Å². The van der Waals surface area contributed by atoms with E-state index in [4.69, 9.17) is 4.74 Å². The third-order valence-electron chi connectivity index (χ3n) is 3.92. The van der Waals surface area contributed by atoms with Crippen molar-refractivity contribution in [2.45, 2.75) is 17.8 Å². The van der Waals surface area contributed by atoms with Crippen molar-refractivity contribution >= 4 is 28.3 Å². The third-order valence-corrected chi connectivity index (χ3v) is 4.92. The Kier molecular flexibility index (Phi) is 3.82. The van der Waals surface area contributed by atoms with Crippen molar-refractivity contribution in [3.8, 4) is 5.75 Å². The number of pyridine rings is 2. The molecule has 24 heavy (non-hydrogen) atoms. The van der Waals surface area contributed by atoms with Gasteiger partial charge in [0.1, 0.15) is 5.75 Å². The van der Waals surface area contributed by atoms with Gasteiger partial charge in [0, 0.05) is 23.5 Å². The predicted octanol–water partition coefficient (Wildman–Crippen LogP) is 3.89. The fourth-order valence-electron chi connectivity index (χ4n) is 2.74. The van der Waals surface area contributed by atoms with Crippen LogP contribution >= 0.6 is 11.8 Å². The molecule has 0 unspecified atom stereocenters. The van der Waals surface area contributed by atoms with E-state index >= 15 is 0 Å². The summed E-state index contributed by atoms with van der Waals surface area (Å²) in [5.41, 5.74) is 4.23. The first-order valence-corrected chi connectivity index (χ1v) is 8.59. The normalized spacial score (nSPS) is 11.2. The number of ether oxygens (including phenoxy) is 1. The van der Waals surface area contributed by atoms with Crippen LogP contribution in [0.1, 0.15) is 11.1 Å². The Morgan fingerprint density at radius 2 is 2.08 bits per heavy atom. The smallest absolute Gasteiger partial charge is 0.196 e. The van der Waals surface area contributed by atoms with Gasteiger partial charge in [-0.25, -0.2) is 0 Å². The zero-order chi connectivity index (χ0) is 16.5. The molecule has 0 saturated heterocycles. The molecule has 0 fully saturated rings. The van der Waals surface area contributed by atoms with E-state index in [1.165, 1.54) is 0 Å². The maximum Gasteiger partial charge on any atom is 0.196 e. The number of hydrogen-bond acceptors (Lipinski definition) is 5. The Balaban J connectivity index is 1.81. The van der Waals surface area contributed by atoms with Crippen LogP contribution < -0.4 is 4.74 Å². The number of rotatable bonds is 4. The average Bonchev–Trinajstić information content (AvgIpc) is 3.05. The Hall–Kier alpha value is -2.60. The van der Waals surface area contributed by atoms with Crippen molar-refractivity contribution in [3.05, 3.63) is 59.9 Å². The SMILES string of the molecule is COc1ccc2c(c1)cc(C)c1nnc(SCc3cccnc3)n12. The topological polar surface area (TPSA) is 52.3 Å². The quantitative estimate of drug-likeness (QED) is 0.529. The van der Waals surface area contributed by atoms with E-state index in [9.17, 15) is 0 Å². The maximum absolute atomic E-state index is 5.34. The number of nitrogens with zero attached hydrogens (tertiary/aromatic N) is 4.